The van der Waals surface area contributed by atoms with Crippen molar-refractivity contribution in [2.24, 2.45) is 0 Å². The Morgan fingerprint density at radius 3 is 2.65 bits per heavy atom. The molecular formula is C26H26ClNO2S. The first kappa shape index (κ1) is 21.8. The number of halogens is 1. The van der Waals surface area contributed by atoms with Gasteiger partial charge in [-0.25, -0.2) is 0 Å². The molecule has 0 spiro atoms. The third-order valence-corrected chi connectivity index (χ3v) is 6.88. The summed E-state index contributed by atoms with van der Waals surface area (Å²) in [4.78, 5) is 13.9. The lowest BCUT2D eigenvalue weighted by atomic mass is 9.91. The van der Waals surface area contributed by atoms with Crippen molar-refractivity contribution < 1.29 is 9.53 Å². The topological polar surface area (TPSA) is 38.3 Å². The molecule has 5 heteroatoms. The van der Waals surface area contributed by atoms with Crippen molar-refractivity contribution in [2.45, 2.75) is 49.4 Å². The Labute approximate surface area is 193 Å². The van der Waals surface area contributed by atoms with Crippen LogP contribution in [0.15, 0.2) is 71.6 Å². The molecule has 1 N–H and O–H groups in total. The fourth-order valence-electron chi connectivity index (χ4n) is 3.77. The number of ether oxygens (including phenoxy) is 1. The number of aryl methyl sites for hydroxylation is 1. The summed E-state index contributed by atoms with van der Waals surface area (Å²) >= 11 is 7.66. The number of amides is 1. The minimum Gasteiger partial charge on any atom is -0.481 e. The van der Waals surface area contributed by atoms with E-state index >= 15 is 0 Å². The van der Waals surface area contributed by atoms with Crippen LogP contribution in [0.3, 0.4) is 0 Å². The number of anilines is 1. The average Bonchev–Trinajstić information content (AvgIpc) is 2.80. The second-order valence-corrected chi connectivity index (χ2v) is 9.22. The van der Waals surface area contributed by atoms with E-state index in [1.807, 2.05) is 60.7 Å². The standard InChI is InChI=1S/C26H26ClNO2S/c1-18(30-24-11-6-8-20-7-2-3-9-22(20)24)26(29)28-23-10-4-5-12-25(23)31-17-19-13-15-21(27)16-14-19/h4-6,8,10-16,18H,2-3,7,9,17H2,1H3,(H,28,29)/t18-/m1/s1. The Balaban J connectivity index is 1.41. The summed E-state index contributed by atoms with van der Waals surface area (Å²) in [6, 6.07) is 21.9. The van der Waals surface area contributed by atoms with Crippen LogP contribution >= 0.6 is 23.4 Å². The number of nitrogens with one attached hydrogen (secondary N) is 1. The molecule has 0 unspecified atom stereocenters. The normalized spacial score (nSPS) is 13.9. The Kier molecular flexibility index (Phi) is 7.21. The molecular weight excluding hydrogens is 426 g/mol. The first-order chi connectivity index (χ1) is 15.1. The van der Waals surface area contributed by atoms with E-state index in [4.69, 9.17) is 16.3 Å². The molecule has 0 saturated carbocycles. The van der Waals surface area contributed by atoms with Crippen LogP contribution in [0.25, 0.3) is 0 Å². The smallest absolute Gasteiger partial charge is 0.265 e. The number of para-hydroxylation sites is 1. The van der Waals surface area contributed by atoms with E-state index in [2.05, 4.69) is 11.4 Å². The Morgan fingerprint density at radius 1 is 1.03 bits per heavy atom. The van der Waals surface area contributed by atoms with Gasteiger partial charge in [-0.15, -0.1) is 11.8 Å². The van der Waals surface area contributed by atoms with Crippen LogP contribution in [0.5, 0.6) is 5.75 Å². The first-order valence-corrected chi connectivity index (χ1v) is 12.0. The first-order valence-electron chi connectivity index (χ1n) is 10.6. The molecule has 0 aliphatic heterocycles. The molecule has 3 aromatic carbocycles. The summed E-state index contributed by atoms with van der Waals surface area (Å²) in [6.45, 7) is 1.81. The van der Waals surface area contributed by atoms with Gasteiger partial charge in [0.1, 0.15) is 5.75 Å². The van der Waals surface area contributed by atoms with E-state index in [1.54, 1.807) is 18.7 Å². The fourth-order valence-corrected chi connectivity index (χ4v) is 4.86. The zero-order chi connectivity index (χ0) is 21.6. The highest BCUT2D eigenvalue weighted by atomic mass is 35.5. The zero-order valence-electron chi connectivity index (χ0n) is 17.6. The molecule has 3 nitrogen and oxygen atoms in total. The highest BCUT2D eigenvalue weighted by Gasteiger charge is 2.20. The molecule has 1 atom stereocenters. The van der Waals surface area contributed by atoms with Crippen LogP contribution in [0.4, 0.5) is 5.69 Å². The Bertz CT molecular complexity index is 1050. The number of benzene rings is 3. The summed E-state index contributed by atoms with van der Waals surface area (Å²) in [6.07, 6.45) is 3.92. The Morgan fingerprint density at radius 2 is 1.81 bits per heavy atom. The second-order valence-electron chi connectivity index (χ2n) is 7.76. The van der Waals surface area contributed by atoms with Gasteiger partial charge < -0.3 is 10.1 Å². The van der Waals surface area contributed by atoms with E-state index in [1.165, 1.54) is 29.5 Å². The van der Waals surface area contributed by atoms with Crippen molar-refractivity contribution in [1.82, 2.24) is 0 Å². The molecule has 1 aliphatic rings. The zero-order valence-corrected chi connectivity index (χ0v) is 19.1. The number of hydrogen-bond acceptors (Lipinski definition) is 3. The molecule has 0 heterocycles. The molecule has 1 amide bonds. The van der Waals surface area contributed by atoms with Crippen LogP contribution in [0.1, 0.15) is 36.5 Å². The largest absolute Gasteiger partial charge is 0.481 e. The fraction of sp³-hybridized carbons (Fsp3) is 0.269. The summed E-state index contributed by atoms with van der Waals surface area (Å²) in [5, 5.41) is 3.78. The second kappa shape index (κ2) is 10.3. The van der Waals surface area contributed by atoms with Gasteiger partial charge in [-0.1, -0.05) is 48.0 Å². The summed E-state index contributed by atoms with van der Waals surface area (Å²) in [7, 11) is 0. The van der Waals surface area contributed by atoms with Crippen molar-refractivity contribution in [1.29, 1.82) is 0 Å². The lowest BCUT2D eigenvalue weighted by Gasteiger charge is -2.22. The maximum Gasteiger partial charge on any atom is 0.265 e. The third kappa shape index (κ3) is 5.63. The van der Waals surface area contributed by atoms with E-state index < -0.39 is 6.10 Å². The average molecular weight is 452 g/mol. The lowest BCUT2D eigenvalue weighted by molar-refractivity contribution is -0.122. The van der Waals surface area contributed by atoms with Gasteiger partial charge in [0.2, 0.25) is 0 Å². The maximum absolute atomic E-state index is 12.9. The van der Waals surface area contributed by atoms with Crippen molar-refractivity contribution >= 4 is 35.0 Å². The molecule has 4 rings (SSSR count). The number of hydrogen-bond donors (Lipinski definition) is 1. The molecule has 1 aliphatic carbocycles. The van der Waals surface area contributed by atoms with Gasteiger partial charge in [0.15, 0.2) is 6.10 Å². The molecule has 0 saturated heterocycles. The van der Waals surface area contributed by atoms with Crippen LogP contribution in [0, 0.1) is 0 Å². The lowest BCUT2D eigenvalue weighted by Crippen LogP contribution is -2.30. The number of carbonyl (C=O) groups is 1. The quantitative estimate of drug-likeness (QED) is 0.396. The molecule has 0 fully saturated rings. The van der Waals surface area contributed by atoms with E-state index in [0.717, 1.165) is 39.9 Å². The van der Waals surface area contributed by atoms with Crippen molar-refractivity contribution in [3.63, 3.8) is 0 Å². The number of fused-ring (bicyclic) bond motifs is 1. The van der Waals surface area contributed by atoms with Gasteiger partial charge in [0.25, 0.3) is 5.91 Å². The van der Waals surface area contributed by atoms with Gasteiger partial charge in [-0.05, 0) is 79.6 Å². The molecule has 160 valence electrons. The van der Waals surface area contributed by atoms with E-state index in [9.17, 15) is 4.79 Å². The molecule has 0 aromatic heterocycles. The van der Waals surface area contributed by atoms with Crippen molar-refractivity contribution in [3.8, 4) is 5.75 Å². The van der Waals surface area contributed by atoms with Crippen LogP contribution in [0.2, 0.25) is 5.02 Å². The summed E-state index contributed by atoms with van der Waals surface area (Å²) in [5.74, 6) is 1.49. The summed E-state index contributed by atoms with van der Waals surface area (Å²) in [5.41, 5.74) is 4.59. The van der Waals surface area contributed by atoms with Gasteiger partial charge in [-0.2, -0.15) is 0 Å². The van der Waals surface area contributed by atoms with Crippen molar-refractivity contribution in [3.05, 3.63) is 88.4 Å². The number of rotatable bonds is 7. The van der Waals surface area contributed by atoms with E-state index in [0.29, 0.717) is 0 Å². The van der Waals surface area contributed by atoms with Crippen LogP contribution in [-0.4, -0.2) is 12.0 Å². The highest BCUT2D eigenvalue weighted by Crippen LogP contribution is 2.32. The summed E-state index contributed by atoms with van der Waals surface area (Å²) < 4.78 is 6.10. The highest BCUT2D eigenvalue weighted by molar-refractivity contribution is 7.98. The number of carbonyl (C=O) groups excluding carboxylic acids is 1. The maximum atomic E-state index is 12.9. The van der Waals surface area contributed by atoms with E-state index in [-0.39, 0.29) is 5.91 Å². The van der Waals surface area contributed by atoms with Gasteiger partial charge in [-0.3, -0.25) is 4.79 Å². The SMILES string of the molecule is C[C@@H](Oc1cccc2c1CCCC2)C(=O)Nc1ccccc1SCc1ccc(Cl)cc1. The van der Waals surface area contributed by atoms with Gasteiger partial charge in [0, 0.05) is 15.7 Å². The van der Waals surface area contributed by atoms with Crippen molar-refractivity contribution in [2.75, 3.05) is 5.32 Å². The molecule has 0 radical (unpaired) electrons. The Hall–Kier alpha value is -2.43. The predicted octanol–water partition coefficient (Wildman–Crippen LogP) is 6.92. The van der Waals surface area contributed by atoms with Crippen LogP contribution < -0.4 is 10.1 Å². The molecule has 3 aromatic rings. The number of thioether (sulfide) groups is 1. The minimum absolute atomic E-state index is 0.145. The monoisotopic (exact) mass is 451 g/mol. The molecule has 0 bridgehead atoms. The third-order valence-electron chi connectivity index (χ3n) is 5.48. The predicted molar refractivity (Wildman–Crippen MR) is 129 cm³/mol. The van der Waals surface area contributed by atoms with Crippen LogP contribution in [-0.2, 0) is 23.4 Å². The minimum atomic E-state index is -0.581. The molecule has 31 heavy (non-hydrogen) atoms. The van der Waals surface area contributed by atoms with Gasteiger partial charge >= 0.3 is 0 Å². The van der Waals surface area contributed by atoms with Gasteiger partial charge in [0.05, 0.1) is 5.69 Å².